The number of amides is 1. The molecule has 0 bridgehead atoms. The number of nitrogens with zero attached hydrogens (tertiary/aromatic N) is 1. The maximum atomic E-state index is 13.2. The van der Waals surface area contributed by atoms with Crippen molar-refractivity contribution in [2.75, 3.05) is 0 Å². The Kier molecular flexibility index (Phi) is 5.42. The largest absolute Gasteiger partial charge is 0.505 e. The predicted octanol–water partition coefficient (Wildman–Crippen LogP) is 4.36. The standard InChI is InChI=1S/C24H22N2O3S/c1-15-8-9-18(12-16(15)2)13-25-23(28)20-21(27)22-19(10-11-30-22)26(24(20)29)14-17-6-4-3-5-7-17/h3-12,27H,13-14H2,1-2H3,(H,25,28). The first kappa shape index (κ1) is 19.9. The lowest BCUT2D eigenvalue weighted by Gasteiger charge is -2.13. The summed E-state index contributed by atoms with van der Waals surface area (Å²) in [5.74, 6) is -0.834. The number of nitrogens with one attached hydrogen (secondary N) is 1. The number of hydrogen-bond acceptors (Lipinski definition) is 4. The van der Waals surface area contributed by atoms with Crippen molar-refractivity contribution < 1.29 is 9.90 Å². The third-order valence-corrected chi connectivity index (χ3v) is 6.19. The number of carbonyl (C=O) groups is 1. The zero-order chi connectivity index (χ0) is 21.3. The third kappa shape index (κ3) is 3.74. The molecule has 0 radical (unpaired) electrons. The lowest BCUT2D eigenvalue weighted by Crippen LogP contribution is -2.33. The minimum Gasteiger partial charge on any atom is -0.505 e. The number of thiophene rings is 1. The number of fused-ring (bicyclic) bond motifs is 1. The molecule has 0 saturated heterocycles. The number of aromatic hydroxyl groups is 1. The third-order valence-electron chi connectivity index (χ3n) is 5.28. The molecule has 2 aromatic carbocycles. The van der Waals surface area contributed by atoms with Gasteiger partial charge < -0.3 is 15.0 Å². The number of rotatable bonds is 5. The summed E-state index contributed by atoms with van der Waals surface area (Å²) in [6.45, 7) is 4.64. The Morgan fingerprint density at radius 2 is 1.80 bits per heavy atom. The van der Waals surface area contributed by atoms with E-state index in [9.17, 15) is 14.7 Å². The molecule has 0 atom stereocenters. The second-order valence-electron chi connectivity index (χ2n) is 7.34. The Labute approximate surface area is 178 Å². The highest BCUT2D eigenvalue weighted by Crippen LogP contribution is 2.31. The van der Waals surface area contributed by atoms with Crippen LogP contribution in [0.5, 0.6) is 5.75 Å². The van der Waals surface area contributed by atoms with Gasteiger partial charge in [-0.15, -0.1) is 11.3 Å². The minimum atomic E-state index is -0.576. The van der Waals surface area contributed by atoms with E-state index in [2.05, 4.69) is 5.32 Å². The van der Waals surface area contributed by atoms with E-state index in [0.717, 1.165) is 16.7 Å². The van der Waals surface area contributed by atoms with E-state index >= 15 is 0 Å². The first-order valence-corrected chi connectivity index (χ1v) is 10.5. The van der Waals surface area contributed by atoms with Gasteiger partial charge in [-0.25, -0.2) is 0 Å². The van der Waals surface area contributed by atoms with Crippen molar-refractivity contribution in [1.82, 2.24) is 9.88 Å². The fraction of sp³-hybridized carbons (Fsp3) is 0.167. The smallest absolute Gasteiger partial charge is 0.268 e. The quantitative estimate of drug-likeness (QED) is 0.506. The fourth-order valence-corrected chi connectivity index (χ4v) is 4.31. The molecule has 0 aliphatic carbocycles. The molecule has 0 aliphatic heterocycles. The van der Waals surface area contributed by atoms with Crippen molar-refractivity contribution in [1.29, 1.82) is 0 Å². The summed E-state index contributed by atoms with van der Waals surface area (Å²) in [6, 6.07) is 17.3. The van der Waals surface area contributed by atoms with Gasteiger partial charge in [0.05, 0.1) is 16.8 Å². The van der Waals surface area contributed by atoms with Gasteiger partial charge in [0.25, 0.3) is 11.5 Å². The van der Waals surface area contributed by atoms with Crippen LogP contribution in [0.1, 0.15) is 32.6 Å². The van der Waals surface area contributed by atoms with Crippen LogP contribution in [0.25, 0.3) is 10.2 Å². The molecular formula is C24H22N2O3S. The second kappa shape index (κ2) is 8.16. The van der Waals surface area contributed by atoms with Crippen LogP contribution in [0.15, 0.2) is 64.8 Å². The van der Waals surface area contributed by atoms with Crippen LogP contribution in [-0.4, -0.2) is 15.6 Å². The normalized spacial score (nSPS) is 11.0. The molecule has 2 N–H and O–H groups in total. The Morgan fingerprint density at radius 3 is 2.53 bits per heavy atom. The van der Waals surface area contributed by atoms with Crippen LogP contribution in [0, 0.1) is 13.8 Å². The van der Waals surface area contributed by atoms with E-state index in [4.69, 9.17) is 0 Å². The molecule has 30 heavy (non-hydrogen) atoms. The van der Waals surface area contributed by atoms with E-state index < -0.39 is 11.5 Å². The summed E-state index contributed by atoms with van der Waals surface area (Å²) >= 11 is 1.31. The minimum absolute atomic E-state index is 0.218. The van der Waals surface area contributed by atoms with Crippen molar-refractivity contribution in [2.24, 2.45) is 0 Å². The molecule has 4 rings (SSSR count). The highest BCUT2D eigenvalue weighted by molar-refractivity contribution is 7.17. The zero-order valence-electron chi connectivity index (χ0n) is 16.8. The lowest BCUT2D eigenvalue weighted by molar-refractivity contribution is 0.0946. The van der Waals surface area contributed by atoms with Crippen molar-refractivity contribution in [3.8, 4) is 5.75 Å². The molecule has 4 aromatic rings. The molecule has 2 heterocycles. The van der Waals surface area contributed by atoms with Crippen molar-refractivity contribution in [2.45, 2.75) is 26.9 Å². The average Bonchev–Trinajstić information content (AvgIpc) is 3.23. The first-order valence-electron chi connectivity index (χ1n) is 9.67. The number of pyridine rings is 1. The first-order chi connectivity index (χ1) is 14.5. The lowest BCUT2D eigenvalue weighted by atomic mass is 10.1. The van der Waals surface area contributed by atoms with E-state index in [1.54, 1.807) is 10.6 Å². The fourth-order valence-electron chi connectivity index (χ4n) is 3.46. The van der Waals surface area contributed by atoms with E-state index in [-0.39, 0.29) is 17.9 Å². The molecule has 0 aliphatic rings. The molecule has 0 fully saturated rings. The van der Waals surface area contributed by atoms with E-state index in [1.165, 1.54) is 16.9 Å². The van der Waals surface area contributed by atoms with Crippen LogP contribution < -0.4 is 10.9 Å². The molecule has 5 nitrogen and oxygen atoms in total. The second-order valence-corrected chi connectivity index (χ2v) is 8.25. The van der Waals surface area contributed by atoms with E-state index in [0.29, 0.717) is 16.8 Å². The number of aromatic nitrogens is 1. The van der Waals surface area contributed by atoms with Crippen LogP contribution >= 0.6 is 11.3 Å². The summed E-state index contributed by atoms with van der Waals surface area (Å²) in [5.41, 5.74) is 4.10. The Balaban J connectivity index is 1.70. The van der Waals surface area contributed by atoms with Crippen LogP contribution in [-0.2, 0) is 13.1 Å². The van der Waals surface area contributed by atoms with Gasteiger partial charge in [-0.3, -0.25) is 9.59 Å². The van der Waals surface area contributed by atoms with Gasteiger partial charge in [0, 0.05) is 6.54 Å². The highest BCUT2D eigenvalue weighted by Gasteiger charge is 2.23. The maximum absolute atomic E-state index is 13.2. The Morgan fingerprint density at radius 1 is 1.03 bits per heavy atom. The van der Waals surface area contributed by atoms with Crippen molar-refractivity contribution >= 4 is 27.5 Å². The maximum Gasteiger partial charge on any atom is 0.268 e. The van der Waals surface area contributed by atoms with Crippen LogP contribution in [0.4, 0.5) is 0 Å². The van der Waals surface area contributed by atoms with E-state index in [1.807, 2.05) is 67.8 Å². The molecular weight excluding hydrogens is 396 g/mol. The number of carbonyl (C=O) groups excluding carboxylic acids is 1. The SMILES string of the molecule is Cc1ccc(CNC(=O)c2c(O)c3sccc3n(Cc3ccccc3)c2=O)cc1C. The van der Waals surface area contributed by atoms with Gasteiger partial charge >= 0.3 is 0 Å². The number of benzene rings is 2. The van der Waals surface area contributed by atoms with Gasteiger partial charge in [0.1, 0.15) is 5.56 Å². The molecule has 0 unspecified atom stereocenters. The number of aryl methyl sites for hydroxylation is 2. The van der Waals surface area contributed by atoms with Crippen LogP contribution in [0.3, 0.4) is 0 Å². The van der Waals surface area contributed by atoms with Gasteiger partial charge in [-0.2, -0.15) is 0 Å². The van der Waals surface area contributed by atoms with Gasteiger partial charge in [-0.05, 0) is 47.5 Å². The van der Waals surface area contributed by atoms with Gasteiger partial charge in [0.2, 0.25) is 0 Å². The molecule has 6 heteroatoms. The van der Waals surface area contributed by atoms with Crippen molar-refractivity contribution in [3.05, 3.63) is 98.1 Å². The number of hydrogen-bond donors (Lipinski definition) is 2. The van der Waals surface area contributed by atoms with Gasteiger partial charge in [0.15, 0.2) is 5.75 Å². The monoisotopic (exact) mass is 418 g/mol. The predicted molar refractivity (Wildman–Crippen MR) is 120 cm³/mol. The molecule has 152 valence electrons. The molecule has 0 saturated carbocycles. The summed E-state index contributed by atoms with van der Waals surface area (Å²) in [6.07, 6.45) is 0. The molecule has 0 spiro atoms. The topological polar surface area (TPSA) is 71.3 Å². The average molecular weight is 419 g/mol. The van der Waals surface area contributed by atoms with Gasteiger partial charge in [-0.1, -0.05) is 48.5 Å². The Hall–Kier alpha value is -3.38. The highest BCUT2D eigenvalue weighted by atomic mass is 32.1. The molecule has 2 aromatic heterocycles. The van der Waals surface area contributed by atoms with Crippen LogP contribution in [0.2, 0.25) is 0 Å². The Bertz CT molecular complexity index is 1290. The molecule has 1 amide bonds. The summed E-state index contributed by atoms with van der Waals surface area (Å²) < 4.78 is 2.08. The summed E-state index contributed by atoms with van der Waals surface area (Å²) in [7, 11) is 0. The summed E-state index contributed by atoms with van der Waals surface area (Å²) in [4.78, 5) is 26.1. The zero-order valence-corrected chi connectivity index (χ0v) is 17.6. The van der Waals surface area contributed by atoms with Crippen molar-refractivity contribution in [3.63, 3.8) is 0 Å². The summed E-state index contributed by atoms with van der Waals surface area (Å²) in [5, 5.41) is 15.3.